The molecule has 2 aromatic carbocycles. The SMILES string of the molecule is CN(CCCCCC1CC(c2cccc(F)c2)NN1)C(=O)C1(c2ccccc2)CC1. The van der Waals surface area contributed by atoms with Gasteiger partial charge in [-0.3, -0.25) is 15.6 Å². The molecule has 4 nitrogen and oxygen atoms in total. The minimum Gasteiger partial charge on any atom is -0.345 e. The predicted molar refractivity (Wildman–Crippen MR) is 117 cm³/mol. The molecule has 1 heterocycles. The van der Waals surface area contributed by atoms with Crippen molar-refractivity contribution in [3.63, 3.8) is 0 Å². The largest absolute Gasteiger partial charge is 0.345 e. The Kier molecular flexibility index (Phi) is 6.49. The Hall–Kier alpha value is -2.24. The van der Waals surface area contributed by atoms with Crippen molar-refractivity contribution in [3.05, 3.63) is 71.5 Å². The average molecular weight is 410 g/mol. The third-order valence-corrected chi connectivity index (χ3v) is 6.61. The Labute approximate surface area is 178 Å². The fraction of sp³-hybridized carbons (Fsp3) is 0.480. The van der Waals surface area contributed by atoms with E-state index >= 15 is 0 Å². The molecule has 30 heavy (non-hydrogen) atoms. The van der Waals surface area contributed by atoms with Crippen LogP contribution in [-0.4, -0.2) is 30.4 Å². The molecule has 1 aliphatic heterocycles. The van der Waals surface area contributed by atoms with E-state index in [0.717, 1.165) is 62.6 Å². The number of carbonyl (C=O) groups is 1. The van der Waals surface area contributed by atoms with E-state index in [9.17, 15) is 9.18 Å². The topological polar surface area (TPSA) is 44.4 Å². The molecule has 2 unspecified atom stereocenters. The van der Waals surface area contributed by atoms with Crippen LogP contribution in [0.1, 0.15) is 62.1 Å². The molecule has 2 atom stereocenters. The van der Waals surface area contributed by atoms with Gasteiger partial charge < -0.3 is 4.90 Å². The van der Waals surface area contributed by atoms with Crippen LogP contribution >= 0.6 is 0 Å². The van der Waals surface area contributed by atoms with Gasteiger partial charge >= 0.3 is 0 Å². The van der Waals surface area contributed by atoms with Gasteiger partial charge in [0, 0.05) is 25.7 Å². The monoisotopic (exact) mass is 409 g/mol. The highest BCUT2D eigenvalue weighted by molar-refractivity contribution is 5.91. The molecule has 0 radical (unpaired) electrons. The molecule has 0 bridgehead atoms. The minimum absolute atomic E-state index is 0.169. The number of unbranched alkanes of at least 4 members (excludes halogenated alkanes) is 2. The lowest BCUT2D eigenvalue weighted by Crippen LogP contribution is -2.37. The number of nitrogens with one attached hydrogen (secondary N) is 2. The maximum atomic E-state index is 13.4. The summed E-state index contributed by atoms with van der Waals surface area (Å²) in [5.41, 5.74) is 8.54. The van der Waals surface area contributed by atoms with Gasteiger partial charge in [0.1, 0.15) is 5.82 Å². The first kappa shape index (κ1) is 21.0. The molecule has 160 valence electrons. The summed E-state index contributed by atoms with van der Waals surface area (Å²) in [6.45, 7) is 0.815. The highest BCUT2D eigenvalue weighted by Gasteiger charge is 2.52. The highest BCUT2D eigenvalue weighted by atomic mass is 19.1. The molecule has 1 saturated heterocycles. The molecule has 0 aromatic heterocycles. The molecule has 2 fully saturated rings. The number of nitrogens with zero attached hydrogens (tertiary/aromatic N) is 1. The highest BCUT2D eigenvalue weighted by Crippen LogP contribution is 2.49. The number of hydrogen-bond donors (Lipinski definition) is 2. The number of rotatable bonds is 9. The van der Waals surface area contributed by atoms with Crippen LogP contribution in [0, 0.1) is 5.82 Å². The van der Waals surface area contributed by atoms with Crippen LogP contribution in [0.4, 0.5) is 4.39 Å². The van der Waals surface area contributed by atoms with Crippen molar-refractivity contribution in [1.29, 1.82) is 0 Å². The standard InChI is InChI=1S/C25H32FN3O/c1-29(24(30)25(14-15-25)20-10-4-2-5-11-20)16-7-3-6-13-22-18-23(28-27-22)19-9-8-12-21(26)17-19/h2,4-5,8-12,17,22-23,27-28H,3,6-7,13-16,18H2,1H3. The number of benzene rings is 2. The molecule has 0 spiro atoms. The summed E-state index contributed by atoms with van der Waals surface area (Å²) in [5, 5.41) is 0. The lowest BCUT2D eigenvalue weighted by atomic mass is 9.94. The molecule has 5 heteroatoms. The van der Waals surface area contributed by atoms with Gasteiger partial charge in [0.05, 0.1) is 5.41 Å². The van der Waals surface area contributed by atoms with Crippen LogP contribution in [0.3, 0.4) is 0 Å². The summed E-state index contributed by atoms with van der Waals surface area (Å²) in [4.78, 5) is 14.9. The molecular weight excluding hydrogens is 377 g/mol. The second kappa shape index (κ2) is 9.27. The van der Waals surface area contributed by atoms with E-state index in [1.54, 1.807) is 12.1 Å². The first-order chi connectivity index (χ1) is 14.6. The fourth-order valence-electron chi connectivity index (χ4n) is 4.65. The van der Waals surface area contributed by atoms with E-state index in [4.69, 9.17) is 0 Å². The number of amides is 1. The Morgan fingerprint density at radius 1 is 1.07 bits per heavy atom. The van der Waals surface area contributed by atoms with E-state index in [0.29, 0.717) is 6.04 Å². The van der Waals surface area contributed by atoms with Gasteiger partial charge in [0.25, 0.3) is 0 Å². The van der Waals surface area contributed by atoms with Gasteiger partial charge in [0.2, 0.25) is 5.91 Å². The Morgan fingerprint density at radius 2 is 1.87 bits per heavy atom. The molecule has 2 aromatic rings. The molecule has 2 N–H and O–H groups in total. The zero-order valence-corrected chi connectivity index (χ0v) is 17.7. The van der Waals surface area contributed by atoms with Crippen molar-refractivity contribution in [2.24, 2.45) is 0 Å². The van der Waals surface area contributed by atoms with E-state index < -0.39 is 0 Å². The molecular formula is C25H32FN3O. The predicted octanol–water partition coefficient (Wildman–Crippen LogP) is 4.48. The summed E-state index contributed by atoms with van der Waals surface area (Å²) in [6.07, 6.45) is 7.26. The first-order valence-corrected chi connectivity index (χ1v) is 11.2. The van der Waals surface area contributed by atoms with Gasteiger partial charge in [0.15, 0.2) is 0 Å². The lowest BCUT2D eigenvalue weighted by molar-refractivity contribution is -0.132. The Morgan fingerprint density at radius 3 is 2.60 bits per heavy atom. The zero-order chi connectivity index (χ0) is 21.0. The van der Waals surface area contributed by atoms with Crippen LogP contribution < -0.4 is 10.9 Å². The van der Waals surface area contributed by atoms with E-state index in [2.05, 4.69) is 23.0 Å². The van der Waals surface area contributed by atoms with Gasteiger partial charge in [-0.25, -0.2) is 4.39 Å². The van der Waals surface area contributed by atoms with E-state index in [1.807, 2.05) is 36.2 Å². The van der Waals surface area contributed by atoms with Crippen molar-refractivity contribution < 1.29 is 9.18 Å². The lowest BCUT2D eigenvalue weighted by Gasteiger charge is -2.24. The summed E-state index contributed by atoms with van der Waals surface area (Å²) >= 11 is 0. The molecule has 1 saturated carbocycles. The second-order valence-corrected chi connectivity index (χ2v) is 8.85. The van der Waals surface area contributed by atoms with Crippen molar-refractivity contribution in [2.45, 2.75) is 62.4 Å². The van der Waals surface area contributed by atoms with E-state index in [1.165, 1.54) is 6.07 Å². The average Bonchev–Trinajstić information content (AvgIpc) is 3.45. The maximum absolute atomic E-state index is 13.4. The number of likely N-dealkylation sites (N-methyl/N-ethyl adjacent to an activating group) is 1. The molecule has 2 aliphatic rings. The summed E-state index contributed by atoms with van der Waals surface area (Å²) in [5.74, 6) is 0.0879. The van der Waals surface area contributed by atoms with Gasteiger partial charge in [-0.15, -0.1) is 0 Å². The fourth-order valence-corrected chi connectivity index (χ4v) is 4.65. The Balaban J connectivity index is 1.15. The van der Waals surface area contributed by atoms with Gasteiger partial charge in [-0.05, 0) is 55.4 Å². The van der Waals surface area contributed by atoms with Crippen molar-refractivity contribution >= 4 is 5.91 Å². The Bertz CT molecular complexity index is 852. The number of hydrogen-bond acceptors (Lipinski definition) is 3. The van der Waals surface area contributed by atoms with Crippen LogP contribution in [0.2, 0.25) is 0 Å². The van der Waals surface area contributed by atoms with Gasteiger partial charge in [-0.2, -0.15) is 0 Å². The van der Waals surface area contributed by atoms with Crippen molar-refractivity contribution in [2.75, 3.05) is 13.6 Å². The quantitative estimate of drug-likeness (QED) is 0.600. The zero-order valence-electron chi connectivity index (χ0n) is 17.7. The normalized spacial score (nSPS) is 22.1. The van der Waals surface area contributed by atoms with Crippen molar-refractivity contribution in [3.8, 4) is 0 Å². The molecule has 4 rings (SSSR count). The minimum atomic E-state index is -0.263. The number of hydrazine groups is 1. The summed E-state index contributed by atoms with van der Waals surface area (Å²) in [6, 6.07) is 17.6. The van der Waals surface area contributed by atoms with E-state index in [-0.39, 0.29) is 23.2 Å². The molecule has 1 amide bonds. The second-order valence-electron chi connectivity index (χ2n) is 8.85. The number of halogens is 1. The van der Waals surface area contributed by atoms with Crippen LogP contribution in [0.15, 0.2) is 54.6 Å². The number of carbonyl (C=O) groups excluding carboxylic acids is 1. The van der Waals surface area contributed by atoms with Crippen LogP contribution in [0.25, 0.3) is 0 Å². The summed E-state index contributed by atoms with van der Waals surface area (Å²) in [7, 11) is 1.94. The smallest absolute Gasteiger partial charge is 0.232 e. The van der Waals surface area contributed by atoms with Gasteiger partial charge in [-0.1, -0.05) is 55.3 Å². The first-order valence-electron chi connectivity index (χ1n) is 11.2. The van der Waals surface area contributed by atoms with Crippen molar-refractivity contribution in [1.82, 2.24) is 15.8 Å². The molecule has 1 aliphatic carbocycles. The maximum Gasteiger partial charge on any atom is 0.232 e. The third-order valence-electron chi connectivity index (χ3n) is 6.61. The summed E-state index contributed by atoms with van der Waals surface area (Å²) < 4.78 is 13.4. The third kappa shape index (κ3) is 4.73. The van der Waals surface area contributed by atoms with Crippen LogP contribution in [0.5, 0.6) is 0 Å². The van der Waals surface area contributed by atoms with Crippen LogP contribution in [-0.2, 0) is 10.2 Å².